The lowest BCUT2D eigenvalue weighted by Gasteiger charge is -1.98. The predicted molar refractivity (Wildman–Crippen MR) is 91.5 cm³/mol. The van der Waals surface area contributed by atoms with E-state index >= 15 is 0 Å². The van der Waals surface area contributed by atoms with Crippen molar-refractivity contribution in [1.29, 1.82) is 0 Å². The predicted octanol–water partition coefficient (Wildman–Crippen LogP) is 4.28. The summed E-state index contributed by atoms with van der Waals surface area (Å²) >= 11 is 13.1. The van der Waals surface area contributed by atoms with E-state index in [2.05, 4.69) is 15.3 Å². The van der Waals surface area contributed by atoms with Gasteiger partial charge in [-0.1, -0.05) is 29.3 Å². The highest BCUT2D eigenvalue weighted by Crippen LogP contribution is 2.30. The molecule has 110 valence electrons. The van der Waals surface area contributed by atoms with Crippen molar-refractivity contribution in [2.24, 2.45) is 4.99 Å². The molecule has 0 radical (unpaired) electrons. The molecule has 1 fully saturated rings. The van der Waals surface area contributed by atoms with Crippen molar-refractivity contribution in [1.82, 2.24) is 10.3 Å². The van der Waals surface area contributed by atoms with Crippen molar-refractivity contribution in [3.05, 3.63) is 63.2 Å². The standard InChI is InChI=1S/C15H9Cl2N3OS/c16-10-5-11(17)7-12(6-10)19-15-20-14(21)13(22-15)4-9-2-1-3-18-8-9/h1-8H,(H,19,20,21)/b13-4-. The molecule has 7 heteroatoms. The number of hydrogen-bond donors (Lipinski definition) is 1. The molecule has 0 aliphatic carbocycles. The molecule has 4 nitrogen and oxygen atoms in total. The summed E-state index contributed by atoms with van der Waals surface area (Å²) in [6, 6.07) is 8.67. The van der Waals surface area contributed by atoms with Crippen LogP contribution in [0, 0.1) is 0 Å². The van der Waals surface area contributed by atoms with E-state index in [9.17, 15) is 4.79 Å². The quantitative estimate of drug-likeness (QED) is 0.823. The number of benzene rings is 1. The molecule has 1 aliphatic rings. The number of hydrogen-bond acceptors (Lipinski definition) is 4. The third kappa shape index (κ3) is 3.68. The van der Waals surface area contributed by atoms with Crippen LogP contribution in [0.4, 0.5) is 5.69 Å². The molecule has 1 amide bonds. The van der Waals surface area contributed by atoms with Gasteiger partial charge in [-0.15, -0.1) is 0 Å². The normalized spacial score (nSPS) is 18.0. The molecular formula is C15H9Cl2N3OS. The summed E-state index contributed by atoms with van der Waals surface area (Å²) in [5.74, 6) is -0.194. The van der Waals surface area contributed by atoms with Crippen molar-refractivity contribution in [2.45, 2.75) is 0 Å². The maximum absolute atomic E-state index is 12.0. The van der Waals surface area contributed by atoms with E-state index in [0.29, 0.717) is 25.8 Å². The Morgan fingerprint density at radius 3 is 2.68 bits per heavy atom. The second kappa shape index (κ2) is 6.52. The number of carbonyl (C=O) groups excluding carboxylic acids is 1. The summed E-state index contributed by atoms with van der Waals surface area (Å²) in [5, 5.41) is 4.18. The van der Waals surface area contributed by atoms with Crippen LogP contribution in [0.3, 0.4) is 0 Å². The van der Waals surface area contributed by atoms with Crippen LogP contribution < -0.4 is 5.32 Å². The number of nitrogens with zero attached hydrogens (tertiary/aromatic N) is 2. The van der Waals surface area contributed by atoms with Gasteiger partial charge < -0.3 is 5.32 Å². The van der Waals surface area contributed by atoms with Gasteiger partial charge in [0, 0.05) is 22.4 Å². The summed E-state index contributed by atoms with van der Waals surface area (Å²) in [6.07, 6.45) is 5.13. The van der Waals surface area contributed by atoms with Crippen LogP contribution in [0.5, 0.6) is 0 Å². The summed E-state index contributed by atoms with van der Waals surface area (Å²) in [5.41, 5.74) is 1.44. The van der Waals surface area contributed by atoms with Gasteiger partial charge in [0.15, 0.2) is 5.17 Å². The van der Waals surface area contributed by atoms with Crippen molar-refractivity contribution >= 4 is 57.8 Å². The van der Waals surface area contributed by atoms with Crippen LogP contribution in [-0.4, -0.2) is 16.1 Å². The van der Waals surface area contributed by atoms with E-state index < -0.39 is 0 Å². The molecule has 1 aliphatic heterocycles. The van der Waals surface area contributed by atoms with Crippen molar-refractivity contribution in [2.75, 3.05) is 0 Å². The summed E-state index contributed by atoms with van der Waals surface area (Å²) in [7, 11) is 0. The van der Waals surface area contributed by atoms with Gasteiger partial charge in [-0.25, -0.2) is 4.99 Å². The molecule has 2 aromatic rings. The lowest BCUT2D eigenvalue weighted by Crippen LogP contribution is -2.19. The molecule has 22 heavy (non-hydrogen) atoms. The Labute approximate surface area is 141 Å². The second-order valence-corrected chi connectivity index (χ2v) is 6.30. The topological polar surface area (TPSA) is 54.4 Å². The highest BCUT2D eigenvalue weighted by Gasteiger charge is 2.23. The first-order valence-corrected chi connectivity index (χ1v) is 7.83. The molecule has 1 aromatic heterocycles. The SMILES string of the molecule is O=C1NC(=Nc2cc(Cl)cc(Cl)c2)S/C1=C\c1cccnc1. The van der Waals surface area contributed by atoms with E-state index in [1.807, 2.05) is 12.1 Å². The van der Waals surface area contributed by atoms with Crippen LogP contribution in [0.1, 0.15) is 5.56 Å². The first-order chi connectivity index (χ1) is 10.6. The molecule has 3 rings (SSSR count). The number of carbonyl (C=O) groups is 1. The molecule has 1 N–H and O–H groups in total. The summed E-state index contributed by atoms with van der Waals surface area (Å²) in [4.78, 5) is 20.9. The van der Waals surface area contributed by atoms with Gasteiger partial charge in [0.2, 0.25) is 0 Å². The van der Waals surface area contributed by atoms with Gasteiger partial charge in [-0.05, 0) is 47.7 Å². The molecule has 0 unspecified atom stereocenters. The van der Waals surface area contributed by atoms with E-state index in [1.165, 1.54) is 11.8 Å². The smallest absolute Gasteiger partial charge is 0.264 e. The lowest BCUT2D eigenvalue weighted by molar-refractivity contribution is -0.115. The molecule has 0 bridgehead atoms. The Morgan fingerprint density at radius 2 is 2.00 bits per heavy atom. The molecular weight excluding hydrogens is 341 g/mol. The number of amidine groups is 1. The minimum Gasteiger partial charge on any atom is -0.300 e. The highest BCUT2D eigenvalue weighted by atomic mass is 35.5. The van der Waals surface area contributed by atoms with Gasteiger partial charge in [0.25, 0.3) is 5.91 Å². The Morgan fingerprint density at radius 1 is 1.23 bits per heavy atom. The van der Waals surface area contributed by atoms with E-state index in [1.54, 1.807) is 36.7 Å². The van der Waals surface area contributed by atoms with Crippen LogP contribution in [0.2, 0.25) is 10.0 Å². The zero-order valence-corrected chi connectivity index (χ0v) is 13.4. The first kappa shape index (κ1) is 15.1. The van der Waals surface area contributed by atoms with Crippen molar-refractivity contribution < 1.29 is 4.79 Å². The molecule has 1 saturated heterocycles. The van der Waals surface area contributed by atoms with Crippen LogP contribution in [0.25, 0.3) is 6.08 Å². The molecule has 1 aromatic carbocycles. The summed E-state index contributed by atoms with van der Waals surface area (Å²) in [6.45, 7) is 0. The monoisotopic (exact) mass is 349 g/mol. The third-order valence-corrected chi connectivity index (χ3v) is 4.06. The Bertz CT molecular complexity index is 770. The Hall–Kier alpha value is -1.82. The minimum absolute atomic E-state index is 0.194. The highest BCUT2D eigenvalue weighted by molar-refractivity contribution is 8.18. The average molecular weight is 350 g/mol. The number of aromatic nitrogens is 1. The molecule has 2 heterocycles. The number of aliphatic imine (C=N–C) groups is 1. The average Bonchev–Trinajstić information content (AvgIpc) is 2.78. The van der Waals surface area contributed by atoms with Gasteiger partial charge in [-0.3, -0.25) is 9.78 Å². The van der Waals surface area contributed by atoms with Gasteiger partial charge in [0.05, 0.1) is 10.6 Å². The number of nitrogens with one attached hydrogen (secondary N) is 1. The number of pyridine rings is 1. The van der Waals surface area contributed by atoms with Gasteiger partial charge in [0.1, 0.15) is 0 Å². The van der Waals surface area contributed by atoms with Gasteiger partial charge >= 0.3 is 0 Å². The minimum atomic E-state index is -0.194. The largest absolute Gasteiger partial charge is 0.300 e. The summed E-state index contributed by atoms with van der Waals surface area (Å²) < 4.78 is 0. The fraction of sp³-hybridized carbons (Fsp3) is 0. The van der Waals surface area contributed by atoms with E-state index in [4.69, 9.17) is 23.2 Å². The molecule has 0 spiro atoms. The zero-order chi connectivity index (χ0) is 15.5. The van der Waals surface area contributed by atoms with Crippen molar-refractivity contribution in [3.8, 4) is 0 Å². The molecule has 0 atom stereocenters. The Balaban J connectivity index is 1.85. The van der Waals surface area contributed by atoms with E-state index in [0.717, 1.165) is 5.56 Å². The zero-order valence-electron chi connectivity index (χ0n) is 11.1. The first-order valence-electron chi connectivity index (χ1n) is 6.26. The third-order valence-electron chi connectivity index (χ3n) is 2.71. The van der Waals surface area contributed by atoms with E-state index in [-0.39, 0.29) is 5.91 Å². The van der Waals surface area contributed by atoms with Crippen LogP contribution >= 0.6 is 35.0 Å². The maximum atomic E-state index is 12.0. The number of amides is 1. The Kier molecular flexibility index (Phi) is 4.47. The fourth-order valence-corrected chi connectivity index (χ4v) is 3.17. The van der Waals surface area contributed by atoms with Crippen LogP contribution in [0.15, 0.2) is 52.6 Å². The molecule has 0 saturated carbocycles. The lowest BCUT2D eigenvalue weighted by atomic mass is 10.2. The number of thioether (sulfide) groups is 1. The maximum Gasteiger partial charge on any atom is 0.264 e. The number of rotatable bonds is 2. The number of halogens is 2. The van der Waals surface area contributed by atoms with Gasteiger partial charge in [-0.2, -0.15) is 0 Å². The van der Waals surface area contributed by atoms with Crippen LogP contribution in [-0.2, 0) is 4.79 Å². The second-order valence-electron chi connectivity index (χ2n) is 4.40. The fourth-order valence-electron chi connectivity index (χ4n) is 1.81. The van der Waals surface area contributed by atoms with Crippen molar-refractivity contribution in [3.63, 3.8) is 0 Å².